The molecule has 7 heteroatoms. The summed E-state index contributed by atoms with van der Waals surface area (Å²) in [6.45, 7) is 0.835. The van der Waals surface area contributed by atoms with Gasteiger partial charge in [0.05, 0.1) is 18.4 Å². The smallest absolute Gasteiger partial charge is 0.259 e. The van der Waals surface area contributed by atoms with Gasteiger partial charge in [0.15, 0.2) is 0 Å². The minimum Gasteiger partial charge on any atom is -0.488 e. The molecule has 0 aliphatic heterocycles. The van der Waals surface area contributed by atoms with Gasteiger partial charge >= 0.3 is 0 Å². The van der Waals surface area contributed by atoms with E-state index in [0.29, 0.717) is 29.4 Å². The lowest BCUT2D eigenvalue weighted by molar-refractivity contribution is -0.133. The summed E-state index contributed by atoms with van der Waals surface area (Å²) in [5.41, 5.74) is 7.28. The maximum Gasteiger partial charge on any atom is 0.259 e. The van der Waals surface area contributed by atoms with Crippen molar-refractivity contribution in [2.75, 3.05) is 18.5 Å². The molecule has 0 atom stereocenters. The molecule has 5 nitrogen and oxygen atoms in total. The molecule has 31 heavy (non-hydrogen) atoms. The summed E-state index contributed by atoms with van der Waals surface area (Å²) in [4.78, 5) is 14.9. The molecule has 2 fully saturated rings. The van der Waals surface area contributed by atoms with Gasteiger partial charge in [-0.2, -0.15) is 0 Å². The highest BCUT2D eigenvalue weighted by Crippen LogP contribution is 2.44. The molecular formula is C24H28Cl2N2O3. The van der Waals surface area contributed by atoms with E-state index >= 15 is 0 Å². The molecule has 2 aliphatic rings. The first-order chi connectivity index (χ1) is 14.9. The predicted molar refractivity (Wildman–Crippen MR) is 124 cm³/mol. The highest BCUT2D eigenvalue weighted by Gasteiger charge is 2.53. The van der Waals surface area contributed by atoms with Gasteiger partial charge in [0.1, 0.15) is 11.4 Å². The van der Waals surface area contributed by atoms with Gasteiger partial charge in [-0.1, -0.05) is 35.3 Å². The monoisotopic (exact) mass is 462 g/mol. The number of hydrogen-bond donors (Lipinski definition) is 1. The van der Waals surface area contributed by atoms with E-state index in [2.05, 4.69) is 0 Å². The lowest BCUT2D eigenvalue weighted by Gasteiger charge is -2.26. The van der Waals surface area contributed by atoms with Crippen molar-refractivity contribution in [1.82, 2.24) is 0 Å². The molecule has 2 aromatic rings. The summed E-state index contributed by atoms with van der Waals surface area (Å²) in [6.07, 6.45) is 5.38. The molecule has 1 amide bonds. The molecule has 0 unspecified atom stereocenters. The van der Waals surface area contributed by atoms with Crippen LogP contribution in [0, 0.1) is 0 Å². The van der Waals surface area contributed by atoms with Crippen molar-refractivity contribution in [3.8, 4) is 5.75 Å². The van der Waals surface area contributed by atoms with E-state index in [9.17, 15) is 4.79 Å². The van der Waals surface area contributed by atoms with Gasteiger partial charge < -0.3 is 20.1 Å². The number of halogens is 2. The molecule has 2 aliphatic carbocycles. The predicted octanol–water partition coefficient (Wildman–Crippen LogP) is 5.14. The number of aryl methyl sites for hydroxylation is 1. The van der Waals surface area contributed by atoms with Crippen LogP contribution in [0.15, 0.2) is 36.4 Å². The number of hydrogen-bond acceptors (Lipinski definition) is 4. The maximum absolute atomic E-state index is 13.3. The first-order valence-corrected chi connectivity index (χ1v) is 11.5. The number of rotatable bonds is 10. The summed E-state index contributed by atoms with van der Waals surface area (Å²) in [7, 11) is 1.77. The number of carbonyl (C=O) groups is 1. The van der Waals surface area contributed by atoms with Crippen LogP contribution >= 0.6 is 23.2 Å². The van der Waals surface area contributed by atoms with Crippen LogP contribution in [0.1, 0.15) is 43.2 Å². The highest BCUT2D eigenvalue weighted by atomic mass is 35.5. The zero-order chi connectivity index (χ0) is 22.0. The Kier molecular flexibility index (Phi) is 6.77. The van der Waals surface area contributed by atoms with E-state index in [1.165, 1.54) is 0 Å². The third kappa shape index (κ3) is 5.17. The number of nitrogens with two attached hydrogens (primary N) is 1. The number of para-hydroxylation sites is 2. The molecule has 0 bridgehead atoms. The third-order valence-electron chi connectivity index (χ3n) is 5.81. The minimum absolute atomic E-state index is 0.0684. The van der Waals surface area contributed by atoms with Gasteiger partial charge in [-0.15, -0.1) is 0 Å². The lowest BCUT2D eigenvalue weighted by atomic mass is 10.1. The summed E-state index contributed by atoms with van der Waals surface area (Å²) in [6, 6.07) is 11.4. The zero-order valence-electron chi connectivity index (χ0n) is 17.7. The molecule has 0 spiro atoms. The number of nitrogens with zero attached hydrogens (tertiary/aromatic N) is 1. The molecule has 2 N–H and O–H groups in total. The van der Waals surface area contributed by atoms with E-state index in [4.69, 9.17) is 38.4 Å². The van der Waals surface area contributed by atoms with E-state index in [1.54, 1.807) is 11.9 Å². The zero-order valence-corrected chi connectivity index (χ0v) is 19.2. The second-order valence-electron chi connectivity index (χ2n) is 8.36. The van der Waals surface area contributed by atoms with Crippen LogP contribution < -0.4 is 15.4 Å². The number of amides is 1. The maximum atomic E-state index is 13.3. The number of likely N-dealkylation sites (N-methyl/N-ethyl adjacent to an activating group) is 1. The molecule has 0 heterocycles. The van der Waals surface area contributed by atoms with E-state index in [-0.39, 0.29) is 18.6 Å². The summed E-state index contributed by atoms with van der Waals surface area (Å²) in [5.74, 6) is 0.667. The van der Waals surface area contributed by atoms with Crippen molar-refractivity contribution >= 4 is 34.8 Å². The van der Waals surface area contributed by atoms with E-state index < -0.39 is 5.60 Å². The average molecular weight is 463 g/mol. The summed E-state index contributed by atoms with van der Waals surface area (Å²) in [5, 5.41) is 1.24. The van der Waals surface area contributed by atoms with Gasteiger partial charge in [0.25, 0.3) is 5.91 Å². The fourth-order valence-electron chi connectivity index (χ4n) is 3.59. The van der Waals surface area contributed by atoms with Gasteiger partial charge in [-0.3, -0.25) is 4.79 Å². The Bertz CT molecular complexity index is 958. The van der Waals surface area contributed by atoms with Crippen LogP contribution in [0.25, 0.3) is 0 Å². The fourth-order valence-corrected chi connectivity index (χ4v) is 4.11. The molecular weight excluding hydrogens is 435 g/mol. The normalized spacial score (nSPS) is 16.8. The average Bonchev–Trinajstić information content (AvgIpc) is 3.69. The van der Waals surface area contributed by atoms with Crippen LogP contribution in [-0.2, 0) is 22.6 Å². The number of benzene rings is 2. The quantitative estimate of drug-likeness (QED) is 0.530. The van der Waals surface area contributed by atoms with Gasteiger partial charge in [0.2, 0.25) is 0 Å². The van der Waals surface area contributed by atoms with E-state index in [0.717, 1.165) is 48.2 Å². The van der Waals surface area contributed by atoms with Crippen molar-refractivity contribution in [2.45, 2.75) is 56.8 Å². The Labute approximate surface area is 193 Å². The Morgan fingerprint density at radius 2 is 1.84 bits per heavy atom. The van der Waals surface area contributed by atoms with Gasteiger partial charge in [-0.25, -0.2) is 0 Å². The second-order valence-corrected chi connectivity index (χ2v) is 9.17. The summed E-state index contributed by atoms with van der Waals surface area (Å²) >= 11 is 12.9. The third-order valence-corrected chi connectivity index (χ3v) is 6.52. The number of anilines is 1. The number of ether oxygens (including phenoxy) is 2. The van der Waals surface area contributed by atoms with Gasteiger partial charge in [0, 0.05) is 17.1 Å². The minimum atomic E-state index is -0.824. The molecule has 166 valence electrons. The van der Waals surface area contributed by atoms with Crippen LogP contribution in [0.5, 0.6) is 5.75 Å². The van der Waals surface area contributed by atoms with Crippen molar-refractivity contribution in [1.29, 1.82) is 0 Å². The van der Waals surface area contributed by atoms with Crippen molar-refractivity contribution in [2.24, 2.45) is 5.73 Å². The van der Waals surface area contributed by atoms with Crippen molar-refractivity contribution < 1.29 is 14.3 Å². The van der Waals surface area contributed by atoms with E-state index in [1.807, 2.05) is 36.4 Å². The lowest BCUT2D eigenvalue weighted by Crippen LogP contribution is -2.40. The SMILES string of the molecule is CN(C(=O)C1(OCc2cc(Cl)c(CCCN)cc2Cl)CC1)c1ccccc1OC1CC1. The van der Waals surface area contributed by atoms with Crippen molar-refractivity contribution in [3.63, 3.8) is 0 Å². The Balaban J connectivity index is 1.44. The second kappa shape index (κ2) is 9.37. The molecule has 0 radical (unpaired) electrons. The topological polar surface area (TPSA) is 64.8 Å². The largest absolute Gasteiger partial charge is 0.488 e. The summed E-state index contributed by atoms with van der Waals surface area (Å²) < 4.78 is 12.1. The molecule has 2 aromatic carbocycles. The Hall–Kier alpha value is -1.79. The van der Waals surface area contributed by atoms with Gasteiger partial charge in [-0.05, 0) is 80.5 Å². The van der Waals surface area contributed by atoms with Crippen LogP contribution in [0.2, 0.25) is 10.0 Å². The van der Waals surface area contributed by atoms with Crippen LogP contribution in [-0.4, -0.2) is 31.2 Å². The van der Waals surface area contributed by atoms with Crippen LogP contribution in [0.4, 0.5) is 5.69 Å². The number of carbonyl (C=O) groups excluding carboxylic acids is 1. The van der Waals surface area contributed by atoms with Crippen LogP contribution in [0.3, 0.4) is 0 Å². The molecule has 4 rings (SSSR count). The first-order valence-electron chi connectivity index (χ1n) is 10.8. The Morgan fingerprint density at radius 3 is 2.52 bits per heavy atom. The molecule has 0 aromatic heterocycles. The first kappa shape index (κ1) is 22.4. The molecule has 2 saturated carbocycles. The highest BCUT2D eigenvalue weighted by molar-refractivity contribution is 6.34. The van der Waals surface area contributed by atoms with Crippen molar-refractivity contribution in [3.05, 3.63) is 57.6 Å². The fraction of sp³-hybridized carbons (Fsp3) is 0.458. The Morgan fingerprint density at radius 1 is 1.16 bits per heavy atom. The standard InChI is InChI=1S/C24H28Cl2N2O3/c1-28(21-6-2-3-7-22(21)31-18-8-9-18)23(29)24(10-11-24)30-15-17-14-19(25)16(5-4-12-27)13-20(17)26/h2-3,6-7,13-14,18H,4-5,8-12,15,27H2,1H3. The molecule has 0 saturated heterocycles.